The first-order chi connectivity index (χ1) is 7.86. The zero-order valence-electron chi connectivity index (χ0n) is 9.42. The molecule has 1 aromatic rings. The van der Waals surface area contributed by atoms with E-state index in [1.165, 1.54) is 12.5 Å². The molecule has 0 spiro atoms. The van der Waals surface area contributed by atoms with Gasteiger partial charge >= 0.3 is 0 Å². The lowest BCUT2D eigenvalue weighted by molar-refractivity contribution is 0.110. The Morgan fingerprint density at radius 3 is 3.00 bits per heavy atom. The van der Waals surface area contributed by atoms with E-state index < -0.39 is 0 Å². The molecule has 2 nitrogen and oxygen atoms in total. The molecule has 0 aromatic heterocycles. The van der Waals surface area contributed by atoms with E-state index in [9.17, 15) is 4.39 Å². The average molecular weight is 223 g/mol. The van der Waals surface area contributed by atoms with Crippen LogP contribution in [0.15, 0.2) is 24.3 Å². The Kier molecular flexibility index (Phi) is 4.31. The van der Waals surface area contributed by atoms with Crippen LogP contribution in [-0.4, -0.2) is 25.8 Å². The molecule has 0 bridgehead atoms. The lowest BCUT2D eigenvalue weighted by Gasteiger charge is -2.10. The summed E-state index contributed by atoms with van der Waals surface area (Å²) in [5.41, 5.74) is 0.780. The molecular weight excluding hydrogens is 205 g/mol. The van der Waals surface area contributed by atoms with Crippen LogP contribution in [0.25, 0.3) is 0 Å². The fourth-order valence-corrected chi connectivity index (χ4v) is 1.99. The molecule has 0 radical (unpaired) electrons. The Hall–Kier alpha value is -0.930. The summed E-state index contributed by atoms with van der Waals surface area (Å²) in [6.07, 6.45) is 3.41. The fraction of sp³-hybridized carbons (Fsp3) is 0.538. The van der Waals surface area contributed by atoms with Gasteiger partial charge in [0.2, 0.25) is 0 Å². The van der Waals surface area contributed by atoms with E-state index in [0.717, 1.165) is 38.1 Å². The zero-order chi connectivity index (χ0) is 11.2. The van der Waals surface area contributed by atoms with Gasteiger partial charge in [0.15, 0.2) is 0 Å². The third kappa shape index (κ3) is 3.29. The molecule has 1 saturated heterocycles. The van der Waals surface area contributed by atoms with Crippen molar-refractivity contribution in [1.82, 2.24) is 5.32 Å². The second kappa shape index (κ2) is 5.97. The van der Waals surface area contributed by atoms with Gasteiger partial charge in [-0.15, -0.1) is 0 Å². The standard InChI is InChI=1S/C13H18FNO/c14-13-6-2-1-4-11(13)7-8-15-10-12-5-3-9-16-12/h1-2,4,6,12,15H,3,5,7-10H2. The Morgan fingerprint density at radius 1 is 1.38 bits per heavy atom. The molecule has 1 aromatic carbocycles. The number of rotatable bonds is 5. The van der Waals surface area contributed by atoms with Crippen molar-refractivity contribution < 1.29 is 9.13 Å². The van der Waals surface area contributed by atoms with Gasteiger partial charge in [0.05, 0.1) is 6.10 Å². The van der Waals surface area contributed by atoms with Crippen LogP contribution in [-0.2, 0) is 11.2 Å². The van der Waals surface area contributed by atoms with E-state index in [4.69, 9.17) is 4.74 Å². The fourth-order valence-electron chi connectivity index (χ4n) is 1.99. The van der Waals surface area contributed by atoms with Gasteiger partial charge in [-0.2, -0.15) is 0 Å². The van der Waals surface area contributed by atoms with Crippen molar-refractivity contribution in [2.75, 3.05) is 19.7 Å². The van der Waals surface area contributed by atoms with Crippen LogP contribution in [0.3, 0.4) is 0 Å². The van der Waals surface area contributed by atoms with Crippen molar-refractivity contribution in [2.24, 2.45) is 0 Å². The Bertz CT molecular complexity index is 323. The minimum absolute atomic E-state index is 0.110. The molecule has 1 heterocycles. The minimum Gasteiger partial charge on any atom is -0.377 e. The van der Waals surface area contributed by atoms with Gasteiger partial charge in [-0.1, -0.05) is 18.2 Å². The molecule has 88 valence electrons. The number of benzene rings is 1. The van der Waals surface area contributed by atoms with Gasteiger partial charge in [-0.25, -0.2) is 4.39 Å². The number of nitrogens with one attached hydrogen (secondary N) is 1. The second-order valence-corrected chi connectivity index (χ2v) is 4.18. The van der Waals surface area contributed by atoms with Gasteiger partial charge in [0.1, 0.15) is 5.82 Å². The third-order valence-corrected chi connectivity index (χ3v) is 2.92. The van der Waals surface area contributed by atoms with Crippen LogP contribution in [0.2, 0.25) is 0 Å². The zero-order valence-corrected chi connectivity index (χ0v) is 9.42. The molecule has 1 unspecified atom stereocenters. The van der Waals surface area contributed by atoms with Crippen LogP contribution in [0.1, 0.15) is 18.4 Å². The highest BCUT2D eigenvalue weighted by atomic mass is 19.1. The first kappa shape index (κ1) is 11.6. The normalized spacial score (nSPS) is 20.2. The number of halogens is 1. The van der Waals surface area contributed by atoms with E-state index in [-0.39, 0.29) is 5.82 Å². The molecule has 0 aliphatic carbocycles. The van der Waals surface area contributed by atoms with E-state index in [0.29, 0.717) is 6.10 Å². The van der Waals surface area contributed by atoms with Crippen molar-refractivity contribution in [2.45, 2.75) is 25.4 Å². The van der Waals surface area contributed by atoms with Crippen LogP contribution in [0, 0.1) is 5.82 Å². The quantitative estimate of drug-likeness (QED) is 0.772. The van der Waals surface area contributed by atoms with Crippen molar-refractivity contribution >= 4 is 0 Å². The molecule has 1 fully saturated rings. The predicted octanol–water partition coefficient (Wildman–Crippen LogP) is 2.14. The average Bonchev–Trinajstić information content (AvgIpc) is 2.79. The van der Waals surface area contributed by atoms with Gasteiger partial charge in [-0.3, -0.25) is 0 Å². The first-order valence-corrected chi connectivity index (χ1v) is 5.92. The van der Waals surface area contributed by atoms with Crippen LogP contribution in [0.4, 0.5) is 4.39 Å². The second-order valence-electron chi connectivity index (χ2n) is 4.18. The van der Waals surface area contributed by atoms with Crippen LogP contribution < -0.4 is 5.32 Å². The van der Waals surface area contributed by atoms with Crippen LogP contribution >= 0.6 is 0 Å². The summed E-state index contributed by atoms with van der Waals surface area (Å²) in [6.45, 7) is 2.58. The largest absolute Gasteiger partial charge is 0.377 e. The number of hydrogen-bond donors (Lipinski definition) is 1. The summed E-state index contributed by atoms with van der Waals surface area (Å²) in [5.74, 6) is -0.110. The van der Waals surface area contributed by atoms with Crippen LogP contribution in [0.5, 0.6) is 0 Å². The minimum atomic E-state index is -0.110. The maximum Gasteiger partial charge on any atom is 0.126 e. The maximum atomic E-state index is 13.3. The van der Waals surface area contributed by atoms with Crippen molar-refractivity contribution in [3.63, 3.8) is 0 Å². The molecule has 3 heteroatoms. The predicted molar refractivity (Wildman–Crippen MR) is 61.9 cm³/mol. The smallest absolute Gasteiger partial charge is 0.126 e. The lowest BCUT2D eigenvalue weighted by atomic mass is 10.1. The Labute approximate surface area is 95.8 Å². The highest BCUT2D eigenvalue weighted by Gasteiger charge is 2.14. The monoisotopic (exact) mass is 223 g/mol. The SMILES string of the molecule is Fc1ccccc1CCNCC1CCCO1. The molecule has 16 heavy (non-hydrogen) atoms. The molecule has 2 rings (SSSR count). The number of ether oxygens (including phenoxy) is 1. The van der Waals surface area contributed by atoms with Crippen molar-refractivity contribution in [1.29, 1.82) is 0 Å². The summed E-state index contributed by atoms with van der Waals surface area (Å²) in [6, 6.07) is 6.94. The molecule has 1 N–H and O–H groups in total. The molecule has 0 amide bonds. The summed E-state index contributed by atoms with van der Waals surface area (Å²) in [7, 11) is 0. The van der Waals surface area contributed by atoms with Crippen molar-refractivity contribution in [3.05, 3.63) is 35.6 Å². The highest BCUT2D eigenvalue weighted by Crippen LogP contribution is 2.10. The molecule has 1 aliphatic rings. The topological polar surface area (TPSA) is 21.3 Å². The van der Waals surface area contributed by atoms with E-state index in [1.54, 1.807) is 6.07 Å². The summed E-state index contributed by atoms with van der Waals surface area (Å²) < 4.78 is 18.8. The summed E-state index contributed by atoms with van der Waals surface area (Å²) in [4.78, 5) is 0. The highest BCUT2D eigenvalue weighted by molar-refractivity contribution is 5.17. The van der Waals surface area contributed by atoms with Gasteiger partial charge < -0.3 is 10.1 Å². The van der Waals surface area contributed by atoms with Gasteiger partial charge in [0.25, 0.3) is 0 Å². The number of hydrogen-bond acceptors (Lipinski definition) is 2. The molecular formula is C13H18FNO. The molecule has 1 aliphatic heterocycles. The van der Waals surface area contributed by atoms with Gasteiger partial charge in [-0.05, 0) is 37.4 Å². The van der Waals surface area contributed by atoms with Gasteiger partial charge in [0, 0.05) is 13.2 Å². The molecule has 0 saturated carbocycles. The summed E-state index contributed by atoms with van der Waals surface area (Å²) >= 11 is 0. The van der Waals surface area contributed by atoms with Crippen molar-refractivity contribution in [3.8, 4) is 0 Å². The Balaban J connectivity index is 1.66. The first-order valence-electron chi connectivity index (χ1n) is 5.92. The maximum absolute atomic E-state index is 13.3. The van der Waals surface area contributed by atoms with E-state index >= 15 is 0 Å². The molecule has 1 atom stereocenters. The summed E-state index contributed by atoms with van der Waals surface area (Å²) in [5, 5.41) is 3.31. The Morgan fingerprint density at radius 2 is 2.25 bits per heavy atom. The van der Waals surface area contributed by atoms with E-state index in [1.807, 2.05) is 12.1 Å². The lowest BCUT2D eigenvalue weighted by Crippen LogP contribution is -2.28. The third-order valence-electron chi connectivity index (χ3n) is 2.92. The van der Waals surface area contributed by atoms with E-state index in [2.05, 4.69) is 5.32 Å².